The van der Waals surface area contributed by atoms with E-state index in [1.807, 2.05) is 24.3 Å². The summed E-state index contributed by atoms with van der Waals surface area (Å²) in [6.45, 7) is 7.10. The van der Waals surface area contributed by atoms with Gasteiger partial charge in [-0.2, -0.15) is 0 Å². The van der Waals surface area contributed by atoms with Gasteiger partial charge in [0.1, 0.15) is 6.61 Å². The van der Waals surface area contributed by atoms with E-state index < -0.39 is 10.9 Å². The standard InChI is InChI=1S/C19H22N2O4/c1-3-20(4-2)13-16-7-5-6-8-17(16)14-25-19(22)15-9-11-18(12-10-15)21(23)24/h5-12H,3-4,13-14H2,1-2H3. The van der Waals surface area contributed by atoms with Gasteiger partial charge >= 0.3 is 5.97 Å². The van der Waals surface area contributed by atoms with E-state index in [4.69, 9.17) is 4.74 Å². The van der Waals surface area contributed by atoms with Crippen molar-refractivity contribution in [3.05, 3.63) is 75.3 Å². The zero-order valence-electron chi connectivity index (χ0n) is 14.5. The summed E-state index contributed by atoms with van der Waals surface area (Å²) in [5.41, 5.74) is 2.33. The summed E-state index contributed by atoms with van der Waals surface area (Å²) in [6.07, 6.45) is 0. The lowest BCUT2D eigenvalue weighted by Crippen LogP contribution is -2.23. The Morgan fingerprint density at radius 1 is 1.04 bits per heavy atom. The summed E-state index contributed by atoms with van der Waals surface area (Å²) in [7, 11) is 0. The number of nitrogens with zero attached hydrogens (tertiary/aromatic N) is 2. The van der Waals surface area contributed by atoms with Gasteiger partial charge in [-0.3, -0.25) is 15.0 Å². The number of hydrogen-bond acceptors (Lipinski definition) is 5. The van der Waals surface area contributed by atoms with Crippen LogP contribution in [0.1, 0.15) is 35.3 Å². The molecule has 0 bridgehead atoms. The van der Waals surface area contributed by atoms with Crippen LogP contribution in [0.25, 0.3) is 0 Å². The molecule has 2 aromatic rings. The van der Waals surface area contributed by atoms with Crippen LogP contribution >= 0.6 is 0 Å². The second-order valence-corrected chi connectivity index (χ2v) is 5.61. The molecule has 0 radical (unpaired) electrons. The highest BCUT2D eigenvalue weighted by Gasteiger charge is 2.12. The zero-order chi connectivity index (χ0) is 18.2. The highest BCUT2D eigenvalue weighted by atomic mass is 16.6. The number of non-ortho nitro benzene ring substituents is 1. The molecule has 0 aliphatic carbocycles. The minimum atomic E-state index is -0.501. The summed E-state index contributed by atoms with van der Waals surface area (Å²) < 4.78 is 5.38. The van der Waals surface area contributed by atoms with Crippen LogP contribution in [-0.2, 0) is 17.9 Å². The Bertz CT molecular complexity index is 724. The molecule has 0 aromatic heterocycles. The third-order valence-electron chi connectivity index (χ3n) is 4.08. The molecule has 0 heterocycles. The van der Waals surface area contributed by atoms with Gasteiger partial charge in [0.05, 0.1) is 10.5 Å². The minimum Gasteiger partial charge on any atom is -0.457 e. The molecule has 0 N–H and O–H groups in total. The predicted octanol–water partition coefficient (Wildman–Crippen LogP) is 3.79. The molecule has 0 saturated carbocycles. The maximum Gasteiger partial charge on any atom is 0.338 e. The fraction of sp³-hybridized carbons (Fsp3) is 0.316. The van der Waals surface area contributed by atoms with Gasteiger partial charge in [0.15, 0.2) is 0 Å². The van der Waals surface area contributed by atoms with Crippen molar-refractivity contribution in [2.45, 2.75) is 27.0 Å². The number of carbonyl (C=O) groups excluding carboxylic acids is 1. The predicted molar refractivity (Wildman–Crippen MR) is 95.3 cm³/mol. The van der Waals surface area contributed by atoms with E-state index in [0.29, 0.717) is 5.56 Å². The molecule has 25 heavy (non-hydrogen) atoms. The van der Waals surface area contributed by atoms with E-state index in [1.54, 1.807) is 0 Å². The van der Waals surface area contributed by atoms with Crippen LogP contribution in [0.5, 0.6) is 0 Å². The smallest absolute Gasteiger partial charge is 0.338 e. The Morgan fingerprint density at radius 3 is 2.20 bits per heavy atom. The molecule has 0 aliphatic heterocycles. The lowest BCUT2D eigenvalue weighted by atomic mass is 10.1. The fourth-order valence-corrected chi connectivity index (χ4v) is 2.49. The van der Waals surface area contributed by atoms with Crippen molar-refractivity contribution >= 4 is 11.7 Å². The third kappa shape index (κ3) is 5.12. The summed E-state index contributed by atoms with van der Waals surface area (Å²) in [5.74, 6) is -0.493. The van der Waals surface area contributed by atoms with Gasteiger partial charge in [0, 0.05) is 18.7 Å². The molecule has 6 nitrogen and oxygen atoms in total. The summed E-state index contributed by atoms with van der Waals surface area (Å²) in [5, 5.41) is 10.7. The van der Waals surface area contributed by atoms with Gasteiger partial charge in [-0.25, -0.2) is 4.79 Å². The Hall–Kier alpha value is -2.73. The lowest BCUT2D eigenvalue weighted by Gasteiger charge is -2.20. The average molecular weight is 342 g/mol. The first kappa shape index (κ1) is 18.6. The van der Waals surface area contributed by atoms with Crippen LogP contribution in [0, 0.1) is 10.1 Å². The van der Waals surface area contributed by atoms with Gasteiger partial charge in [-0.05, 0) is 36.3 Å². The number of benzene rings is 2. The van der Waals surface area contributed by atoms with Crippen molar-refractivity contribution in [1.29, 1.82) is 0 Å². The lowest BCUT2D eigenvalue weighted by molar-refractivity contribution is -0.384. The van der Waals surface area contributed by atoms with Crippen molar-refractivity contribution in [2.24, 2.45) is 0 Å². The van der Waals surface area contributed by atoms with Gasteiger partial charge in [0.25, 0.3) is 5.69 Å². The molecule has 132 valence electrons. The SMILES string of the molecule is CCN(CC)Cc1ccccc1COC(=O)c1ccc([N+](=O)[O-])cc1. The van der Waals surface area contributed by atoms with E-state index in [1.165, 1.54) is 24.3 Å². The monoisotopic (exact) mass is 342 g/mol. The molecule has 2 aromatic carbocycles. The number of rotatable bonds is 8. The molecule has 0 saturated heterocycles. The molecule has 6 heteroatoms. The molecular formula is C19H22N2O4. The third-order valence-corrected chi connectivity index (χ3v) is 4.08. The molecule has 2 rings (SSSR count). The van der Waals surface area contributed by atoms with Crippen LogP contribution in [0.4, 0.5) is 5.69 Å². The molecular weight excluding hydrogens is 320 g/mol. The summed E-state index contributed by atoms with van der Waals surface area (Å²) in [6, 6.07) is 13.3. The number of esters is 1. The average Bonchev–Trinajstić information content (AvgIpc) is 2.65. The van der Waals surface area contributed by atoms with E-state index in [2.05, 4.69) is 18.7 Å². The minimum absolute atomic E-state index is 0.0545. The molecule has 0 amide bonds. The van der Waals surface area contributed by atoms with Crippen LogP contribution < -0.4 is 0 Å². The number of carbonyl (C=O) groups is 1. The van der Waals surface area contributed by atoms with Crippen molar-refractivity contribution in [3.8, 4) is 0 Å². The van der Waals surface area contributed by atoms with Crippen LogP contribution in [0.3, 0.4) is 0 Å². The van der Waals surface area contributed by atoms with E-state index in [0.717, 1.165) is 30.8 Å². The Kier molecular flexibility index (Phi) is 6.65. The number of hydrogen-bond donors (Lipinski definition) is 0. The van der Waals surface area contributed by atoms with Crippen LogP contribution in [-0.4, -0.2) is 28.9 Å². The zero-order valence-corrected chi connectivity index (χ0v) is 14.5. The normalized spacial score (nSPS) is 10.7. The molecule has 0 unspecified atom stereocenters. The molecule has 0 aliphatic rings. The van der Waals surface area contributed by atoms with Gasteiger partial charge in [0.2, 0.25) is 0 Å². The first-order valence-electron chi connectivity index (χ1n) is 8.25. The largest absolute Gasteiger partial charge is 0.457 e. The molecule has 0 fully saturated rings. The highest BCUT2D eigenvalue weighted by molar-refractivity contribution is 5.89. The Morgan fingerprint density at radius 2 is 1.64 bits per heavy atom. The van der Waals surface area contributed by atoms with Crippen molar-refractivity contribution < 1.29 is 14.5 Å². The van der Waals surface area contributed by atoms with Gasteiger partial charge in [-0.15, -0.1) is 0 Å². The Labute approximate surface area is 147 Å². The number of nitro groups is 1. The van der Waals surface area contributed by atoms with E-state index in [9.17, 15) is 14.9 Å². The number of nitro benzene ring substituents is 1. The first-order valence-corrected chi connectivity index (χ1v) is 8.25. The topological polar surface area (TPSA) is 72.7 Å². The van der Waals surface area contributed by atoms with Crippen LogP contribution in [0.2, 0.25) is 0 Å². The second-order valence-electron chi connectivity index (χ2n) is 5.61. The highest BCUT2D eigenvalue weighted by Crippen LogP contribution is 2.16. The van der Waals surface area contributed by atoms with Gasteiger partial charge < -0.3 is 4.74 Å². The quantitative estimate of drug-likeness (QED) is 0.414. The van der Waals surface area contributed by atoms with Crippen molar-refractivity contribution in [2.75, 3.05) is 13.1 Å². The summed E-state index contributed by atoms with van der Waals surface area (Å²) >= 11 is 0. The second kappa shape index (κ2) is 8.94. The molecule has 0 spiro atoms. The maximum absolute atomic E-state index is 12.1. The van der Waals surface area contributed by atoms with Gasteiger partial charge in [-0.1, -0.05) is 38.1 Å². The van der Waals surface area contributed by atoms with Crippen molar-refractivity contribution in [3.63, 3.8) is 0 Å². The van der Waals surface area contributed by atoms with Crippen LogP contribution in [0.15, 0.2) is 48.5 Å². The molecule has 0 atom stereocenters. The first-order chi connectivity index (χ1) is 12.0. The summed E-state index contributed by atoms with van der Waals surface area (Å²) in [4.78, 5) is 24.6. The van der Waals surface area contributed by atoms with Crippen molar-refractivity contribution in [1.82, 2.24) is 4.90 Å². The number of ether oxygens (including phenoxy) is 1. The maximum atomic E-state index is 12.1. The fourth-order valence-electron chi connectivity index (χ4n) is 2.49. The Balaban J connectivity index is 2.03. The van der Waals surface area contributed by atoms with E-state index >= 15 is 0 Å². The van der Waals surface area contributed by atoms with E-state index in [-0.39, 0.29) is 12.3 Å².